The van der Waals surface area contributed by atoms with E-state index in [2.05, 4.69) is 22.5 Å². The van der Waals surface area contributed by atoms with E-state index in [1.54, 1.807) is 4.68 Å². The molecule has 0 saturated carbocycles. The third-order valence-electron chi connectivity index (χ3n) is 2.69. The van der Waals surface area contributed by atoms with Crippen molar-refractivity contribution in [2.24, 2.45) is 7.05 Å². The predicted molar refractivity (Wildman–Crippen MR) is 71.5 cm³/mol. The molecule has 0 aliphatic rings. The molecule has 1 heterocycles. The summed E-state index contributed by atoms with van der Waals surface area (Å²) >= 11 is 6.18. The van der Waals surface area contributed by atoms with Gasteiger partial charge in [0.05, 0.1) is 11.4 Å². The molecule has 0 spiro atoms. The summed E-state index contributed by atoms with van der Waals surface area (Å²) in [4.78, 5) is 0. The Hall–Kier alpha value is -1.48. The van der Waals surface area contributed by atoms with E-state index in [1.165, 1.54) is 5.56 Å². The Morgan fingerprint density at radius 1 is 1.35 bits per heavy atom. The molecule has 1 aromatic carbocycles. The van der Waals surface area contributed by atoms with Gasteiger partial charge in [-0.2, -0.15) is 5.10 Å². The van der Waals surface area contributed by atoms with E-state index in [0.717, 1.165) is 22.0 Å². The van der Waals surface area contributed by atoms with Crippen LogP contribution in [0.1, 0.15) is 16.8 Å². The first-order valence-electron chi connectivity index (χ1n) is 5.55. The molecule has 17 heavy (non-hydrogen) atoms. The molecule has 0 atom stereocenters. The van der Waals surface area contributed by atoms with Crippen LogP contribution in [0.5, 0.6) is 0 Å². The molecule has 0 aliphatic heterocycles. The number of benzene rings is 1. The Labute approximate surface area is 106 Å². The van der Waals surface area contributed by atoms with Crippen molar-refractivity contribution in [2.75, 3.05) is 5.32 Å². The van der Waals surface area contributed by atoms with Crippen LogP contribution in [-0.2, 0) is 13.6 Å². The molecule has 4 heteroatoms. The summed E-state index contributed by atoms with van der Waals surface area (Å²) in [5.41, 5.74) is 4.32. The van der Waals surface area contributed by atoms with Gasteiger partial charge in [0.2, 0.25) is 0 Å². The highest BCUT2D eigenvalue weighted by Gasteiger charge is 2.04. The lowest BCUT2D eigenvalue weighted by Gasteiger charge is -2.07. The molecule has 0 fully saturated rings. The maximum absolute atomic E-state index is 6.18. The molecule has 2 aromatic rings. The topological polar surface area (TPSA) is 29.9 Å². The second kappa shape index (κ2) is 4.80. The van der Waals surface area contributed by atoms with Crippen LogP contribution in [-0.4, -0.2) is 9.78 Å². The van der Waals surface area contributed by atoms with Crippen molar-refractivity contribution < 1.29 is 0 Å². The molecule has 90 valence electrons. The SMILES string of the molecule is Cc1ccc(CNc2cn(C)nc2C)c(Cl)c1. The zero-order chi connectivity index (χ0) is 12.4. The van der Waals surface area contributed by atoms with Crippen LogP contribution >= 0.6 is 11.6 Å². The highest BCUT2D eigenvalue weighted by Crippen LogP contribution is 2.20. The van der Waals surface area contributed by atoms with Crippen LogP contribution in [0.25, 0.3) is 0 Å². The zero-order valence-corrected chi connectivity index (χ0v) is 11.0. The summed E-state index contributed by atoms with van der Waals surface area (Å²) in [5.74, 6) is 0. The number of rotatable bonds is 3. The van der Waals surface area contributed by atoms with Crippen LogP contribution in [0.2, 0.25) is 5.02 Å². The molecule has 0 saturated heterocycles. The number of hydrogen-bond donors (Lipinski definition) is 1. The molecule has 0 radical (unpaired) electrons. The predicted octanol–water partition coefficient (Wildman–Crippen LogP) is 3.30. The minimum Gasteiger partial charge on any atom is -0.378 e. The summed E-state index contributed by atoms with van der Waals surface area (Å²) in [5, 5.41) is 8.43. The first-order chi connectivity index (χ1) is 8.06. The number of nitrogens with one attached hydrogen (secondary N) is 1. The fraction of sp³-hybridized carbons (Fsp3) is 0.308. The number of aromatic nitrogens is 2. The van der Waals surface area contributed by atoms with Crippen LogP contribution < -0.4 is 5.32 Å². The molecule has 1 aromatic heterocycles. The third-order valence-corrected chi connectivity index (χ3v) is 3.04. The summed E-state index contributed by atoms with van der Waals surface area (Å²) in [6.45, 7) is 4.74. The highest BCUT2D eigenvalue weighted by molar-refractivity contribution is 6.31. The Balaban J connectivity index is 2.10. The Bertz CT molecular complexity index is 531. The molecule has 2 rings (SSSR count). The maximum atomic E-state index is 6.18. The number of aryl methyl sites for hydroxylation is 3. The summed E-state index contributed by atoms with van der Waals surface area (Å²) < 4.78 is 1.80. The number of halogens is 1. The van der Waals surface area contributed by atoms with Crippen LogP contribution in [0, 0.1) is 13.8 Å². The molecular formula is C13H16ClN3. The molecular weight excluding hydrogens is 234 g/mol. The van der Waals surface area contributed by atoms with Gasteiger partial charge < -0.3 is 5.32 Å². The van der Waals surface area contributed by atoms with Gasteiger partial charge in [-0.05, 0) is 31.0 Å². The first-order valence-corrected chi connectivity index (χ1v) is 5.93. The monoisotopic (exact) mass is 249 g/mol. The number of nitrogens with zero attached hydrogens (tertiary/aromatic N) is 2. The van der Waals surface area contributed by atoms with Crippen molar-refractivity contribution in [1.29, 1.82) is 0 Å². The van der Waals surface area contributed by atoms with Gasteiger partial charge in [-0.25, -0.2) is 0 Å². The summed E-state index contributed by atoms with van der Waals surface area (Å²) in [6.07, 6.45) is 1.97. The van der Waals surface area contributed by atoms with Crippen LogP contribution in [0.3, 0.4) is 0 Å². The lowest BCUT2D eigenvalue weighted by atomic mass is 10.1. The van der Waals surface area contributed by atoms with E-state index in [4.69, 9.17) is 11.6 Å². The minimum absolute atomic E-state index is 0.714. The maximum Gasteiger partial charge on any atom is 0.0825 e. The fourth-order valence-electron chi connectivity index (χ4n) is 1.76. The largest absolute Gasteiger partial charge is 0.378 e. The molecule has 0 unspecified atom stereocenters. The smallest absolute Gasteiger partial charge is 0.0825 e. The molecule has 0 bridgehead atoms. The van der Waals surface area contributed by atoms with Crippen molar-refractivity contribution in [3.63, 3.8) is 0 Å². The van der Waals surface area contributed by atoms with Gasteiger partial charge in [0.25, 0.3) is 0 Å². The van der Waals surface area contributed by atoms with E-state index in [-0.39, 0.29) is 0 Å². The van der Waals surface area contributed by atoms with Gasteiger partial charge in [0.1, 0.15) is 0 Å². The van der Waals surface area contributed by atoms with Gasteiger partial charge in [-0.3, -0.25) is 4.68 Å². The van der Waals surface area contributed by atoms with Crippen molar-refractivity contribution in [2.45, 2.75) is 20.4 Å². The normalized spacial score (nSPS) is 10.6. The van der Waals surface area contributed by atoms with Crippen molar-refractivity contribution >= 4 is 17.3 Å². The average molecular weight is 250 g/mol. The second-order valence-corrected chi connectivity index (χ2v) is 4.66. The second-order valence-electron chi connectivity index (χ2n) is 4.25. The Morgan fingerprint density at radius 3 is 2.71 bits per heavy atom. The quantitative estimate of drug-likeness (QED) is 0.905. The summed E-state index contributed by atoms with van der Waals surface area (Å²) in [7, 11) is 1.91. The van der Waals surface area contributed by atoms with Crippen LogP contribution in [0.4, 0.5) is 5.69 Å². The third kappa shape index (κ3) is 2.80. The fourth-order valence-corrected chi connectivity index (χ4v) is 2.06. The van der Waals surface area contributed by atoms with E-state index in [9.17, 15) is 0 Å². The molecule has 0 amide bonds. The Morgan fingerprint density at radius 2 is 2.12 bits per heavy atom. The molecule has 3 nitrogen and oxygen atoms in total. The van der Waals surface area contributed by atoms with Gasteiger partial charge in [0, 0.05) is 24.8 Å². The van der Waals surface area contributed by atoms with Gasteiger partial charge in [-0.15, -0.1) is 0 Å². The van der Waals surface area contributed by atoms with Gasteiger partial charge in [0.15, 0.2) is 0 Å². The van der Waals surface area contributed by atoms with E-state index < -0.39 is 0 Å². The molecule has 1 N–H and O–H groups in total. The Kier molecular flexibility index (Phi) is 3.38. The van der Waals surface area contributed by atoms with Crippen molar-refractivity contribution in [3.8, 4) is 0 Å². The zero-order valence-electron chi connectivity index (χ0n) is 10.3. The standard InChI is InChI=1S/C13H16ClN3/c1-9-4-5-11(12(14)6-9)7-15-13-8-17(3)16-10(13)2/h4-6,8,15H,7H2,1-3H3. The van der Waals surface area contributed by atoms with Crippen LogP contribution in [0.15, 0.2) is 24.4 Å². The minimum atomic E-state index is 0.714. The van der Waals surface area contributed by atoms with E-state index in [1.807, 2.05) is 33.2 Å². The van der Waals surface area contributed by atoms with Gasteiger partial charge in [-0.1, -0.05) is 23.7 Å². The van der Waals surface area contributed by atoms with Crippen molar-refractivity contribution in [1.82, 2.24) is 9.78 Å². The van der Waals surface area contributed by atoms with Crippen molar-refractivity contribution in [3.05, 3.63) is 46.2 Å². The lowest BCUT2D eigenvalue weighted by molar-refractivity contribution is 0.756. The average Bonchev–Trinajstić information content (AvgIpc) is 2.56. The number of anilines is 1. The summed E-state index contributed by atoms with van der Waals surface area (Å²) in [6, 6.07) is 6.10. The van der Waals surface area contributed by atoms with E-state index >= 15 is 0 Å². The molecule has 0 aliphatic carbocycles. The van der Waals surface area contributed by atoms with Gasteiger partial charge >= 0.3 is 0 Å². The highest BCUT2D eigenvalue weighted by atomic mass is 35.5. The van der Waals surface area contributed by atoms with E-state index in [0.29, 0.717) is 6.54 Å². The number of hydrogen-bond acceptors (Lipinski definition) is 2. The first kappa shape index (κ1) is 12.0. The lowest BCUT2D eigenvalue weighted by Crippen LogP contribution is -2.00.